The molecule has 2 aromatic rings. The Morgan fingerprint density at radius 3 is 2.62 bits per heavy atom. The van der Waals surface area contributed by atoms with Crippen LogP contribution in [0.25, 0.3) is 5.57 Å². The SMILES string of the molecule is COC(=O)c1ccc(C2=NOC3(CCN(Cc4cn(C(C)(C)C)nc4C4=CCC(F)C(F)=C4F)CC3)C2)nc1. The highest BCUT2D eigenvalue weighted by atomic mass is 19.2. The molecule has 1 fully saturated rings. The third-order valence-electron chi connectivity index (χ3n) is 7.46. The minimum Gasteiger partial charge on any atom is -0.465 e. The van der Waals surface area contributed by atoms with Gasteiger partial charge in [-0.3, -0.25) is 14.6 Å². The largest absolute Gasteiger partial charge is 0.465 e. The Kier molecular flexibility index (Phi) is 7.13. The molecule has 0 saturated carbocycles. The Bertz CT molecular complexity index is 1350. The monoisotopic (exact) mass is 543 g/mol. The molecule has 208 valence electrons. The standard InChI is InChI=1S/C28H32F3N5O3/c1-27(2,3)36-16-18(25(33-36)19-6-7-20(29)24(31)23(19)30)15-35-11-9-28(10-12-35)13-22(34-39-28)21-8-5-17(14-32-21)26(37)38-4/h5-6,8,14,16,20H,7,9-13,15H2,1-4H3. The summed E-state index contributed by atoms with van der Waals surface area (Å²) < 4.78 is 49.1. The topological polar surface area (TPSA) is 81.8 Å². The number of esters is 1. The summed E-state index contributed by atoms with van der Waals surface area (Å²) in [4.78, 5) is 24.2. The van der Waals surface area contributed by atoms with Crippen molar-refractivity contribution >= 4 is 17.3 Å². The molecule has 0 amide bonds. The van der Waals surface area contributed by atoms with Crippen LogP contribution in [-0.4, -0.2) is 63.3 Å². The number of carbonyl (C=O) groups is 1. The molecule has 1 atom stereocenters. The Morgan fingerprint density at radius 2 is 1.97 bits per heavy atom. The number of nitrogens with zero attached hydrogens (tertiary/aromatic N) is 5. The number of methoxy groups -OCH3 is 1. The van der Waals surface area contributed by atoms with E-state index in [-0.39, 0.29) is 17.5 Å². The summed E-state index contributed by atoms with van der Waals surface area (Å²) in [6, 6.07) is 3.39. The maximum absolute atomic E-state index is 14.8. The fourth-order valence-corrected chi connectivity index (χ4v) is 5.07. The molecule has 1 aliphatic carbocycles. The lowest BCUT2D eigenvalue weighted by molar-refractivity contribution is -0.0627. The molecule has 1 spiro atoms. The molecule has 5 rings (SSSR count). The number of ether oxygens (including phenoxy) is 1. The van der Waals surface area contributed by atoms with Gasteiger partial charge in [0.1, 0.15) is 11.3 Å². The van der Waals surface area contributed by atoms with Crippen molar-refractivity contribution in [1.29, 1.82) is 0 Å². The first kappa shape index (κ1) is 27.1. The first-order valence-corrected chi connectivity index (χ1v) is 13.0. The van der Waals surface area contributed by atoms with Gasteiger partial charge in [-0.25, -0.2) is 18.0 Å². The number of aromatic nitrogens is 3. The molecule has 0 N–H and O–H groups in total. The van der Waals surface area contributed by atoms with Crippen LogP contribution in [0.2, 0.25) is 0 Å². The molecule has 0 aromatic carbocycles. The van der Waals surface area contributed by atoms with Crippen LogP contribution in [0.5, 0.6) is 0 Å². The van der Waals surface area contributed by atoms with Crippen molar-refractivity contribution in [2.75, 3.05) is 20.2 Å². The average molecular weight is 544 g/mol. The van der Waals surface area contributed by atoms with Crippen LogP contribution in [0.1, 0.15) is 73.8 Å². The first-order valence-electron chi connectivity index (χ1n) is 13.0. The molecule has 1 unspecified atom stereocenters. The normalized spacial score (nSPS) is 21.6. The molecular weight excluding hydrogens is 511 g/mol. The maximum atomic E-state index is 14.8. The summed E-state index contributed by atoms with van der Waals surface area (Å²) in [7, 11) is 1.32. The summed E-state index contributed by atoms with van der Waals surface area (Å²) >= 11 is 0. The molecule has 3 aliphatic rings. The van der Waals surface area contributed by atoms with Crippen LogP contribution in [-0.2, 0) is 21.7 Å². The van der Waals surface area contributed by atoms with Gasteiger partial charge >= 0.3 is 5.97 Å². The molecule has 1 saturated heterocycles. The second kappa shape index (κ2) is 10.3. The predicted molar refractivity (Wildman–Crippen MR) is 139 cm³/mol. The molecular formula is C28H32F3N5O3. The van der Waals surface area contributed by atoms with Gasteiger partial charge in [-0.1, -0.05) is 11.2 Å². The number of halogens is 3. The van der Waals surface area contributed by atoms with E-state index in [1.807, 2.05) is 27.0 Å². The van der Waals surface area contributed by atoms with E-state index in [1.54, 1.807) is 16.8 Å². The molecule has 0 bridgehead atoms. The minimum absolute atomic E-state index is 0.00997. The number of hydrogen-bond acceptors (Lipinski definition) is 7. The van der Waals surface area contributed by atoms with Crippen molar-refractivity contribution in [2.24, 2.45) is 5.16 Å². The van der Waals surface area contributed by atoms with Gasteiger partial charge < -0.3 is 9.57 Å². The fourth-order valence-electron chi connectivity index (χ4n) is 5.07. The highest BCUT2D eigenvalue weighted by molar-refractivity contribution is 6.00. The minimum atomic E-state index is -1.96. The zero-order valence-electron chi connectivity index (χ0n) is 22.5. The van der Waals surface area contributed by atoms with Crippen LogP contribution in [0.15, 0.2) is 47.4 Å². The van der Waals surface area contributed by atoms with Crippen molar-refractivity contribution < 1.29 is 27.5 Å². The summed E-state index contributed by atoms with van der Waals surface area (Å²) in [5.41, 5.74) is 2.05. The van der Waals surface area contributed by atoms with E-state index >= 15 is 0 Å². The average Bonchev–Trinajstić information content (AvgIpc) is 3.53. The van der Waals surface area contributed by atoms with Crippen molar-refractivity contribution in [3.05, 3.63) is 64.8 Å². The van der Waals surface area contributed by atoms with Gasteiger partial charge in [0.05, 0.1) is 29.6 Å². The second-order valence-electron chi connectivity index (χ2n) is 11.3. The second-order valence-corrected chi connectivity index (χ2v) is 11.3. The van der Waals surface area contributed by atoms with Crippen molar-refractivity contribution in [2.45, 2.75) is 70.3 Å². The molecule has 11 heteroatoms. The number of hydrogen-bond donors (Lipinski definition) is 0. The molecule has 2 aromatic heterocycles. The maximum Gasteiger partial charge on any atom is 0.339 e. The van der Waals surface area contributed by atoms with Crippen LogP contribution in [0, 0.1) is 0 Å². The number of piperidine rings is 1. The van der Waals surface area contributed by atoms with E-state index in [0.29, 0.717) is 43.0 Å². The number of likely N-dealkylation sites (tertiary alicyclic amines) is 1. The third-order valence-corrected chi connectivity index (χ3v) is 7.46. The van der Waals surface area contributed by atoms with E-state index in [0.717, 1.165) is 24.1 Å². The van der Waals surface area contributed by atoms with E-state index in [9.17, 15) is 18.0 Å². The predicted octanol–water partition coefficient (Wildman–Crippen LogP) is 5.25. The Balaban J connectivity index is 1.27. The number of alkyl halides is 1. The van der Waals surface area contributed by atoms with Crippen molar-refractivity contribution in [1.82, 2.24) is 19.7 Å². The summed E-state index contributed by atoms with van der Waals surface area (Å²) in [5, 5.41) is 8.90. The van der Waals surface area contributed by atoms with Gasteiger partial charge in [0.25, 0.3) is 0 Å². The van der Waals surface area contributed by atoms with Gasteiger partial charge in [0.15, 0.2) is 17.8 Å². The Hall–Kier alpha value is -3.47. The number of pyridine rings is 1. The van der Waals surface area contributed by atoms with Crippen LogP contribution < -0.4 is 0 Å². The molecule has 8 nitrogen and oxygen atoms in total. The Morgan fingerprint density at radius 1 is 1.23 bits per heavy atom. The van der Waals surface area contributed by atoms with E-state index in [2.05, 4.69) is 20.1 Å². The number of allylic oxidation sites excluding steroid dienone is 4. The van der Waals surface area contributed by atoms with Crippen molar-refractivity contribution in [3.8, 4) is 0 Å². The van der Waals surface area contributed by atoms with Gasteiger partial charge in [0.2, 0.25) is 0 Å². The van der Waals surface area contributed by atoms with Crippen LogP contribution >= 0.6 is 0 Å². The van der Waals surface area contributed by atoms with Gasteiger partial charge in [-0.15, -0.1) is 0 Å². The van der Waals surface area contributed by atoms with Gasteiger partial charge in [0, 0.05) is 68.8 Å². The zero-order chi connectivity index (χ0) is 27.9. The summed E-state index contributed by atoms with van der Waals surface area (Å²) in [5.74, 6) is -3.00. The molecule has 39 heavy (non-hydrogen) atoms. The molecule has 4 heterocycles. The lowest BCUT2D eigenvalue weighted by Crippen LogP contribution is -2.44. The fraction of sp³-hybridized carbons (Fsp3) is 0.500. The highest BCUT2D eigenvalue weighted by Gasteiger charge is 2.43. The summed E-state index contributed by atoms with van der Waals surface area (Å²) in [6.07, 6.45) is 4.59. The third kappa shape index (κ3) is 5.36. The van der Waals surface area contributed by atoms with Gasteiger partial charge in [-0.05, 0) is 32.9 Å². The van der Waals surface area contributed by atoms with Crippen molar-refractivity contribution in [3.63, 3.8) is 0 Å². The lowest BCUT2D eigenvalue weighted by Gasteiger charge is -2.37. The zero-order valence-corrected chi connectivity index (χ0v) is 22.5. The smallest absolute Gasteiger partial charge is 0.339 e. The van der Waals surface area contributed by atoms with Crippen LogP contribution in [0.4, 0.5) is 13.2 Å². The quantitative estimate of drug-likeness (QED) is 0.479. The molecule has 0 radical (unpaired) electrons. The lowest BCUT2D eigenvalue weighted by atomic mass is 9.86. The van der Waals surface area contributed by atoms with E-state index in [1.165, 1.54) is 19.4 Å². The van der Waals surface area contributed by atoms with E-state index in [4.69, 9.17) is 9.57 Å². The molecule has 2 aliphatic heterocycles. The Labute approximate surface area is 225 Å². The number of rotatable bonds is 5. The van der Waals surface area contributed by atoms with E-state index < -0.39 is 29.4 Å². The highest BCUT2D eigenvalue weighted by Crippen LogP contribution is 2.39. The van der Waals surface area contributed by atoms with Gasteiger partial charge in [-0.2, -0.15) is 5.10 Å². The summed E-state index contributed by atoms with van der Waals surface area (Å²) in [6.45, 7) is 7.82. The number of oxime groups is 1. The van der Waals surface area contributed by atoms with Crippen LogP contribution in [0.3, 0.4) is 0 Å². The first-order chi connectivity index (χ1) is 18.5. The number of carbonyl (C=O) groups excluding carboxylic acids is 1.